The van der Waals surface area contributed by atoms with Crippen LogP contribution in [0.15, 0.2) is 42.5 Å². The van der Waals surface area contributed by atoms with Crippen molar-refractivity contribution < 1.29 is 19.0 Å². The van der Waals surface area contributed by atoms with Crippen molar-refractivity contribution >= 4 is 11.9 Å². The number of hydrogen-bond donors (Lipinski definition) is 1. The number of allylic oxidation sites excluding steroid dienone is 1. The Labute approximate surface area is 158 Å². The topological polar surface area (TPSA) is 49.8 Å². The van der Waals surface area contributed by atoms with E-state index in [-0.39, 0.29) is 22.9 Å². The molecule has 0 aromatic heterocycles. The zero-order valence-corrected chi connectivity index (χ0v) is 15.5. The molecule has 27 heavy (non-hydrogen) atoms. The molecule has 1 N–H and O–H groups in total. The second kappa shape index (κ2) is 8.82. The minimum absolute atomic E-state index is 0.0336. The zero-order valence-electron chi connectivity index (χ0n) is 15.5. The molecule has 1 fully saturated rings. The van der Waals surface area contributed by atoms with Gasteiger partial charge in [0.15, 0.2) is 5.78 Å². The molecule has 0 bridgehead atoms. The smallest absolute Gasteiger partial charge is 0.189 e. The molecule has 1 aliphatic rings. The van der Waals surface area contributed by atoms with E-state index < -0.39 is 0 Å². The van der Waals surface area contributed by atoms with Crippen LogP contribution in [0.4, 0.5) is 4.39 Å². The van der Waals surface area contributed by atoms with Crippen molar-refractivity contribution in [1.29, 1.82) is 0 Å². The number of rotatable bonds is 6. The molecular weight excluding hydrogens is 345 g/mol. The number of ether oxygens (including phenoxy) is 1. The summed E-state index contributed by atoms with van der Waals surface area (Å²) >= 11 is 0. The summed E-state index contributed by atoms with van der Waals surface area (Å²) in [6.45, 7) is 2.51. The summed E-state index contributed by atoms with van der Waals surface area (Å²) in [5.41, 5.74) is 1.59. The Morgan fingerprint density at radius 1 is 1.15 bits per heavy atom. The summed E-state index contributed by atoms with van der Waals surface area (Å²) in [5.74, 6) is -0.0844. The van der Waals surface area contributed by atoms with Crippen molar-refractivity contribution in [1.82, 2.24) is 4.90 Å². The molecule has 4 nitrogen and oxygen atoms in total. The Morgan fingerprint density at radius 3 is 2.52 bits per heavy atom. The first-order chi connectivity index (χ1) is 13.1. The number of nitrogens with zero attached hydrogens (tertiary/aromatic N) is 1. The van der Waals surface area contributed by atoms with E-state index in [1.807, 2.05) is 0 Å². The molecule has 5 heteroatoms. The molecule has 0 atom stereocenters. The fourth-order valence-electron chi connectivity index (χ4n) is 3.34. The summed E-state index contributed by atoms with van der Waals surface area (Å²) < 4.78 is 18.4. The van der Waals surface area contributed by atoms with Gasteiger partial charge in [0.1, 0.15) is 17.3 Å². The molecule has 0 radical (unpaired) electrons. The van der Waals surface area contributed by atoms with Gasteiger partial charge in [-0.05, 0) is 61.8 Å². The van der Waals surface area contributed by atoms with Crippen molar-refractivity contribution in [2.45, 2.75) is 25.8 Å². The number of ketones is 1. The molecule has 142 valence electrons. The Morgan fingerprint density at radius 2 is 1.85 bits per heavy atom. The Bertz CT molecular complexity index is 824. The minimum Gasteiger partial charge on any atom is -0.507 e. The maximum absolute atomic E-state index is 13.0. The van der Waals surface area contributed by atoms with Gasteiger partial charge in [0.05, 0.1) is 18.2 Å². The van der Waals surface area contributed by atoms with Crippen LogP contribution in [0.25, 0.3) is 6.08 Å². The molecule has 1 aliphatic heterocycles. The van der Waals surface area contributed by atoms with E-state index in [2.05, 4.69) is 4.90 Å². The predicted molar refractivity (Wildman–Crippen MR) is 104 cm³/mol. The Hall–Kier alpha value is -2.66. The van der Waals surface area contributed by atoms with E-state index in [1.54, 1.807) is 37.5 Å². The van der Waals surface area contributed by atoms with Gasteiger partial charge in [0.25, 0.3) is 0 Å². The highest BCUT2D eigenvalue weighted by molar-refractivity contribution is 6.09. The van der Waals surface area contributed by atoms with E-state index in [4.69, 9.17) is 4.74 Å². The first kappa shape index (κ1) is 19.1. The number of hydrogen-bond acceptors (Lipinski definition) is 4. The van der Waals surface area contributed by atoms with Crippen molar-refractivity contribution in [2.75, 3.05) is 20.2 Å². The standard InChI is InChI=1S/C22H24FNO3/c1-27-21-12-10-18(20(25)11-7-16-5-8-17(23)9-6-16)22(26)19(21)15-24-13-3-2-4-14-24/h5-12,26H,2-4,13-15H2,1H3/b11-7+. The van der Waals surface area contributed by atoms with Crippen molar-refractivity contribution in [3.8, 4) is 11.5 Å². The van der Waals surface area contributed by atoms with E-state index in [9.17, 15) is 14.3 Å². The van der Waals surface area contributed by atoms with Crippen LogP contribution in [0.3, 0.4) is 0 Å². The van der Waals surface area contributed by atoms with Crippen LogP contribution in [0.5, 0.6) is 11.5 Å². The molecule has 1 saturated heterocycles. The summed E-state index contributed by atoms with van der Waals surface area (Å²) in [6, 6.07) is 9.16. The van der Waals surface area contributed by atoms with Crippen LogP contribution in [0.2, 0.25) is 0 Å². The lowest BCUT2D eigenvalue weighted by Gasteiger charge is -2.27. The summed E-state index contributed by atoms with van der Waals surface area (Å²) in [4.78, 5) is 14.8. The lowest BCUT2D eigenvalue weighted by Crippen LogP contribution is -2.29. The quantitative estimate of drug-likeness (QED) is 0.605. The molecule has 0 amide bonds. The average molecular weight is 369 g/mol. The van der Waals surface area contributed by atoms with E-state index in [1.165, 1.54) is 24.6 Å². The largest absolute Gasteiger partial charge is 0.507 e. The normalized spacial score (nSPS) is 15.2. The average Bonchev–Trinajstić information content (AvgIpc) is 2.69. The fraction of sp³-hybridized carbons (Fsp3) is 0.318. The van der Waals surface area contributed by atoms with Crippen molar-refractivity contribution in [3.05, 3.63) is 65.0 Å². The second-order valence-electron chi connectivity index (χ2n) is 6.73. The minimum atomic E-state index is -0.325. The van der Waals surface area contributed by atoms with Gasteiger partial charge in [-0.25, -0.2) is 4.39 Å². The summed E-state index contributed by atoms with van der Waals surface area (Å²) in [6.07, 6.45) is 6.51. The maximum atomic E-state index is 13.0. The van der Waals surface area contributed by atoms with Crippen molar-refractivity contribution in [2.24, 2.45) is 0 Å². The highest BCUT2D eigenvalue weighted by atomic mass is 19.1. The number of likely N-dealkylation sites (tertiary alicyclic amines) is 1. The van der Waals surface area contributed by atoms with Gasteiger partial charge in [0, 0.05) is 6.54 Å². The molecule has 2 aromatic carbocycles. The van der Waals surface area contributed by atoms with Gasteiger partial charge >= 0.3 is 0 Å². The molecule has 0 aliphatic carbocycles. The summed E-state index contributed by atoms with van der Waals surface area (Å²) in [5, 5.41) is 10.7. The Balaban J connectivity index is 1.82. The number of phenolic OH excluding ortho intramolecular Hbond substituents is 1. The number of carbonyl (C=O) groups is 1. The highest BCUT2D eigenvalue weighted by Crippen LogP contribution is 2.33. The molecule has 0 spiro atoms. The third-order valence-corrected chi connectivity index (χ3v) is 4.85. The van der Waals surface area contributed by atoms with Crippen molar-refractivity contribution in [3.63, 3.8) is 0 Å². The van der Waals surface area contributed by atoms with Gasteiger partial charge in [-0.15, -0.1) is 0 Å². The monoisotopic (exact) mass is 369 g/mol. The Kier molecular flexibility index (Phi) is 6.24. The van der Waals surface area contributed by atoms with Gasteiger partial charge in [0.2, 0.25) is 0 Å². The van der Waals surface area contributed by atoms with Gasteiger partial charge in [-0.3, -0.25) is 9.69 Å². The first-order valence-corrected chi connectivity index (χ1v) is 9.17. The van der Waals surface area contributed by atoms with E-state index in [0.717, 1.165) is 25.9 Å². The predicted octanol–water partition coefficient (Wildman–Crippen LogP) is 4.42. The number of carbonyl (C=O) groups excluding carboxylic acids is 1. The number of methoxy groups -OCH3 is 1. The van der Waals surface area contributed by atoms with Crippen LogP contribution in [-0.2, 0) is 6.54 Å². The number of phenols is 1. The third kappa shape index (κ3) is 4.74. The molecule has 0 saturated carbocycles. The highest BCUT2D eigenvalue weighted by Gasteiger charge is 2.20. The van der Waals surface area contributed by atoms with Crippen LogP contribution >= 0.6 is 0 Å². The maximum Gasteiger partial charge on any atom is 0.189 e. The number of benzene rings is 2. The number of piperidine rings is 1. The molecular formula is C22H24FNO3. The number of aromatic hydroxyl groups is 1. The van der Waals surface area contributed by atoms with Gasteiger partial charge in [-0.2, -0.15) is 0 Å². The molecule has 2 aromatic rings. The lowest BCUT2D eigenvalue weighted by atomic mass is 10.0. The van der Waals surface area contributed by atoms with Crippen LogP contribution in [0, 0.1) is 5.82 Å². The second-order valence-corrected chi connectivity index (χ2v) is 6.73. The zero-order chi connectivity index (χ0) is 19.2. The molecule has 3 rings (SSSR count). The van der Waals surface area contributed by atoms with Crippen LogP contribution in [0.1, 0.15) is 40.7 Å². The summed E-state index contributed by atoms with van der Waals surface area (Å²) in [7, 11) is 1.56. The molecule has 0 unspecified atom stereocenters. The van der Waals surface area contributed by atoms with E-state index >= 15 is 0 Å². The number of halogens is 1. The van der Waals surface area contributed by atoms with Crippen LogP contribution in [-0.4, -0.2) is 36.0 Å². The van der Waals surface area contributed by atoms with E-state index in [0.29, 0.717) is 23.4 Å². The third-order valence-electron chi connectivity index (χ3n) is 4.85. The lowest BCUT2D eigenvalue weighted by molar-refractivity contribution is 0.104. The fourth-order valence-corrected chi connectivity index (χ4v) is 3.34. The SMILES string of the molecule is COc1ccc(C(=O)/C=C/c2ccc(F)cc2)c(O)c1CN1CCCCC1. The van der Waals surface area contributed by atoms with Gasteiger partial charge < -0.3 is 9.84 Å². The first-order valence-electron chi connectivity index (χ1n) is 9.17. The van der Waals surface area contributed by atoms with Gasteiger partial charge in [-0.1, -0.05) is 24.6 Å². The van der Waals surface area contributed by atoms with Crippen LogP contribution < -0.4 is 4.74 Å². The molecule has 1 heterocycles.